The molecule has 0 aromatic heterocycles. The number of carbonyl (C=O) groups is 1. The van der Waals surface area contributed by atoms with Crippen LogP contribution in [0.3, 0.4) is 0 Å². The van der Waals surface area contributed by atoms with Gasteiger partial charge in [0.2, 0.25) is 0 Å². The van der Waals surface area contributed by atoms with E-state index in [9.17, 15) is 4.79 Å². The van der Waals surface area contributed by atoms with Gasteiger partial charge in [0.15, 0.2) is 5.70 Å². The van der Waals surface area contributed by atoms with Gasteiger partial charge in [0.25, 0.3) is 0 Å². The first kappa shape index (κ1) is 10.2. The number of dihydropyridines is 1. The van der Waals surface area contributed by atoms with Crippen molar-refractivity contribution in [3.63, 3.8) is 0 Å². The summed E-state index contributed by atoms with van der Waals surface area (Å²) in [6.45, 7) is 1.89. The van der Waals surface area contributed by atoms with E-state index in [0.717, 1.165) is 5.57 Å². The summed E-state index contributed by atoms with van der Waals surface area (Å²) >= 11 is 0. The Morgan fingerprint density at radius 3 is 2.86 bits per heavy atom. The number of methoxy groups -OCH3 is 1. The van der Waals surface area contributed by atoms with Gasteiger partial charge in [-0.1, -0.05) is 0 Å². The molecule has 0 aromatic rings. The normalized spacial score (nSPS) is 18.0. The maximum absolute atomic E-state index is 11.2. The number of nitrogens with zero attached hydrogens (tertiary/aromatic N) is 1. The van der Waals surface area contributed by atoms with Crippen LogP contribution in [0.15, 0.2) is 40.4 Å². The van der Waals surface area contributed by atoms with E-state index >= 15 is 0 Å². The minimum Gasteiger partial charge on any atom is -0.464 e. The first-order valence-electron chi connectivity index (χ1n) is 4.00. The lowest BCUT2D eigenvalue weighted by molar-refractivity contribution is -0.136. The van der Waals surface area contributed by atoms with E-state index in [2.05, 4.69) is 15.2 Å². The average molecular weight is 193 g/mol. The Hall–Kier alpha value is -1.91. The minimum absolute atomic E-state index is 0.0313. The maximum Gasteiger partial charge on any atom is 0.360 e. The number of ether oxygens (including phenoxy) is 1. The number of carbonyl (C=O) groups excluding carboxylic acids is 1. The zero-order chi connectivity index (χ0) is 10.6. The van der Waals surface area contributed by atoms with Gasteiger partial charge in [-0.25, -0.2) is 10.3 Å². The molecule has 0 saturated carbocycles. The van der Waals surface area contributed by atoms with E-state index in [0.29, 0.717) is 5.70 Å². The van der Waals surface area contributed by atoms with Crippen LogP contribution in [0.5, 0.6) is 0 Å². The molecule has 0 spiro atoms. The molecular weight excluding hydrogens is 182 g/mol. The Bertz CT molecular complexity index is 353. The van der Waals surface area contributed by atoms with E-state index in [1.54, 1.807) is 12.3 Å². The second kappa shape index (κ2) is 4.36. The molecule has 74 valence electrons. The lowest BCUT2D eigenvalue weighted by Crippen LogP contribution is -2.14. The van der Waals surface area contributed by atoms with Crippen molar-refractivity contribution < 1.29 is 9.53 Å². The van der Waals surface area contributed by atoms with Crippen LogP contribution >= 0.6 is 0 Å². The summed E-state index contributed by atoms with van der Waals surface area (Å²) in [6, 6.07) is 0. The summed E-state index contributed by atoms with van der Waals surface area (Å²) in [5.41, 5.74) is 8.29. The summed E-state index contributed by atoms with van der Waals surface area (Å²) in [4.78, 5) is 11.2. The van der Waals surface area contributed by atoms with E-state index in [1.165, 1.54) is 7.11 Å². The summed E-state index contributed by atoms with van der Waals surface area (Å²) in [5.74, 6) is -0.623. The number of nitrogens with one attached hydrogen (secondary N) is 2. The highest BCUT2D eigenvalue weighted by atomic mass is 16.5. The molecule has 14 heavy (non-hydrogen) atoms. The van der Waals surface area contributed by atoms with Crippen molar-refractivity contribution in [1.29, 1.82) is 5.53 Å². The van der Waals surface area contributed by atoms with E-state index in [1.807, 2.05) is 13.0 Å². The molecule has 1 heterocycles. The molecule has 2 N–H and O–H groups in total. The first-order valence-corrected chi connectivity index (χ1v) is 4.00. The molecule has 0 aliphatic carbocycles. The smallest absolute Gasteiger partial charge is 0.360 e. The molecule has 0 aromatic carbocycles. The van der Waals surface area contributed by atoms with E-state index < -0.39 is 5.97 Å². The van der Waals surface area contributed by atoms with Crippen LogP contribution in [-0.4, -0.2) is 13.1 Å². The molecule has 0 atom stereocenters. The Kier molecular flexibility index (Phi) is 3.17. The zero-order valence-corrected chi connectivity index (χ0v) is 8.00. The van der Waals surface area contributed by atoms with Gasteiger partial charge in [-0.2, -0.15) is 0 Å². The highest BCUT2D eigenvalue weighted by molar-refractivity contribution is 5.89. The van der Waals surface area contributed by atoms with Crippen molar-refractivity contribution in [1.82, 2.24) is 5.32 Å². The molecular formula is C9H11N3O2. The third kappa shape index (κ3) is 2.07. The first-order chi connectivity index (χ1) is 6.69. The third-order valence-corrected chi connectivity index (χ3v) is 1.70. The van der Waals surface area contributed by atoms with Gasteiger partial charge in [-0.05, 0) is 24.6 Å². The number of hydrogen-bond donors (Lipinski definition) is 2. The lowest BCUT2D eigenvalue weighted by atomic mass is 10.1. The highest BCUT2D eigenvalue weighted by Crippen LogP contribution is 2.13. The average Bonchev–Trinajstić information content (AvgIpc) is 2.19. The van der Waals surface area contributed by atoms with Crippen LogP contribution in [0.2, 0.25) is 0 Å². The van der Waals surface area contributed by atoms with Crippen LogP contribution in [0.1, 0.15) is 6.92 Å². The van der Waals surface area contributed by atoms with Crippen molar-refractivity contribution in [3.8, 4) is 0 Å². The molecule has 0 amide bonds. The predicted octanol–water partition coefficient (Wildman–Crippen LogP) is 1.47. The van der Waals surface area contributed by atoms with Crippen molar-refractivity contribution >= 4 is 5.97 Å². The van der Waals surface area contributed by atoms with Gasteiger partial charge < -0.3 is 10.1 Å². The number of rotatable bonds is 2. The van der Waals surface area contributed by atoms with Crippen LogP contribution in [-0.2, 0) is 9.53 Å². The second-order valence-electron chi connectivity index (χ2n) is 2.73. The van der Waals surface area contributed by atoms with Crippen molar-refractivity contribution in [2.75, 3.05) is 7.11 Å². The molecule has 1 rings (SSSR count). The van der Waals surface area contributed by atoms with Gasteiger partial charge in [-0.15, -0.1) is 5.11 Å². The van der Waals surface area contributed by atoms with E-state index in [-0.39, 0.29) is 5.70 Å². The fourth-order valence-corrected chi connectivity index (χ4v) is 1.03. The largest absolute Gasteiger partial charge is 0.464 e. The predicted molar refractivity (Wildman–Crippen MR) is 50.2 cm³/mol. The van der Waals surface area contributed by atoms with Gasteiger partial charge in [0.1, 0.15) is 0 Å². The SMILES string of the molecule is COC(=O)/C(N=N)=C1\C=C(C)C=CN1. The molecule has 0 fully saturated rings. The molecule has 0 bridgehead atoms. The minimum atomic E-state index is -0.623. The van der Waals surface area contributed by atoms with Crippen molar-refractivity contribution in [3.05, 3.63) is 35.3 Å². The van der Waals surface area contributed by atoms with E-state index in [4.69, 9.17) is 5.53 Å². The van der Waals surface area contributed by atoms with Crippen molar-refractivity contribution in [2.45, 2.75) is 6.92 Å². The summed E-state index contributed by atoms with van der Waals surface area (Å²) < 4.78 is 4.49. The van der Waals surface area contributed by atoms with Gasteiger partial charge in [0, 0.05) is 6.20 Å². The van der Waals surface area contributed by atoms with Gasteiger partial charge in [-0.3, -0.25) is 0 Å². The Morgan fingerprint density at radius 1 is 1.64 bits per heavy atom. The molecule has 1 aliphatic heterocycles. The van der Waals surface area contributed by atoms with Crippen molar-refractivity contribution in [2.24, 2.45) is 5.11 Å². The topological polar surface area (TPSA) is 74.5 Å². The fraction of sp³-hybridized carbons (Fsp3) is 0.222. The fourth-order valence-electron chi connectivity index (χ4n) is 1.03. The van der Waals surface area contributed by atoms with Crippen LogP contribution < -0.4 is 5.32 Å². The zero-order valence-electron chi connectivity index (χ0n) is 8.00. The number of hydrogen-bond acceptors (Lipinski definition) is 5. The molecule has 5 nitrogen and oxygen atoms in total. The highest BCUT2D eigenvalue weighted by Gasteiger charge is 2.14. The molecule has 0 unspecified atom stereocenters. The summed E-state index contributed by atoms with van der Waals surface area (Å²) in [7, 11) is 1.25. The number of allylic oxidation sites excluding steroid dienone is 3. The standard InChI is InChI=1S/C9H11N3O2/c1-6-3-4-11-7(5-6)8(12-10)9(13)14-2/h3-5,10-11H,1-2H3/b8-7-,12-10?. The molecule has 5 heteroatoms. The third-order valence-electron chi connectivity index (χ3n) is 1.70. The molecule has 0 radical (unpaired) electrons. The van der Waals surface area contributed by atoms with Crippen LogP contribution in [0.4, 0.5) is 0 Å². The molecule has 0 saturated heterocycles. The van der Waals surface area contributed by atoms with Gasteiger partial charge >= 0.3 is 5.97 Å². The van der Waals surface area contributed by atoms with Crippen LogP contribution in [0, 0.1) is 5.53 Å². The lowest BCUT2D eigenvalue weighted by Gasteiger charge is -2.10. The van der Waals surface area contributed by atoms with Gasteiger partial charge in [0.05, 0.1) is 12.8 Å². The molecule has 1 aliphatic rings. The quantitative estimate of drug-likeness (QED) is 0.396. The second-order valence-corrected chi connectivity index (χ2v) is 2.73. The number of esters is 1. The summed E-state index contributed by atoms with van der Waals surface area (Å²) in [6.07, 6.45) is 5.26. The monoisotopic (exact) mass is 193 g/mol. The van der Waals surface area contributed by atoms with Crippen LogP contribution in [0.25, 0.3) is 0 Å². The Balaban J connectivity index is 3.07. The summed E-state index contributed by atoms with van der Waals surface area (Å²) in [5, 5.41) is 5.95. The maximum atomic E-state index is 11.2. The Morgan fingerprint density at radius 2 is 2.36 bits per heavy atom. The Labute approximate surface area is 81.6 Å².